The van der Waals surface area contributed by atoms with E-state index in [1.165, 1.54) is 12.1 Å². The van der Waals surface area contributed by atoms with Gasteiger partial charge in [-0.1, -0.05) is 70.5 Å². The van der Waals surface area contributed by atoms with Crippen LogP contribution in [0.1, 0.15) is 5.56 Å². The average Bonchev–Trinajstić information content (AvgIpc) is 2.72. The van der Waals surface area contributed by atoms with Crippen LogP contribution in [-0.2, 0) is 21.4 Å². The van der Waals surface area contributed by atoms with Gasteiger partial charge in [0.05, 0.1) is 10.6 Å². The van der Waals surface area contributed by atoms with Gasteiger partial charge in [-0.05, 0) is 35.9 Å². The van der Waals surface area contributed by atoms with Crippen LogP contribution in [0, 0.1) is 0 Å². The SMILES string of the molecule is O=C(CN(c1cccc(Br)c1)S(=O)(=O)c1ccccc1)NCc1ccccc1. The van der Waals surface area contributed by atoms with Gasteiger partial charge in [0.25, 0.3) is 10.0 Å². The molecule has 0 unspecified atom stereocenters. The van der Waals surface area contributed by atoms with E-state index in [1.807, 2.05) is 30.3 Å². The van der Waals surface area contributed by atoms with Crippen molar-refractivity contribution < 1.29 is 13.2 Å². The lowest BCUT2D eigenvalue weighted by Gasteiger charge is -2.24. The van der Waals surface area contributed by atoms with Crippen LogP contribution >= 0.6 is 15.9 Å². The maximum Gasteiger partial charge on any atom is 0.264 e. The highest BCUT2D eigenvalue weighted by molar-refractivity contribution is 9.10. The Hall–Kier alpha value is -2.64. The first-order valence-corrected chi connectivity index (χ1v) is 10.8. The third-order valence-electron chi connectivity index (χ3n) is 4.05. The van der Waals surface area contributed by atoms with Gasteiger partial charge in [0.2, 0.25) is 5.91 Å². The summed E-state index contributed by atoms with van der Waals surface area (Å²) in [6.07, 6.45) is 0. The number of nitrogens with zero attached hydrogens (tertiary/aromatic N) is 1. The molecule has 3 aromatic rings. The van der Waals surface area contributed by atoms with Gasteiger partial charge in [0.1, 0.15) is 6.54 Å². The Balaban J connectivity index is 1.85. The standard InChI is InChI=1S/C21H19BrN2O3S/c22-18-10-7-11-19(14-18)24(28(26,27)20-12-5-2-6-13-20)16-21(25)23-15-17-8-3-1-4-9-17/h1-14H,15-16H2,(H,23,25). The smallest absolute Gasteiger partial charge is 0.264 e. The van der Waals surface area contributed by atoms with E-state index in [4.69, 9.17) is 0 Å². The lowest BCUT2D eigenvalue weighted by molar-refractivity contribution is -0.119. The number of carbonyl (C=O) groups excluding carboxylic acids is 1. The van der Waals surface area contributed by atoms with Gasteiger partial charge < -0.3 is 5.32 Å². The Bertz CT molecular complexity index is 1040. The number of benzene rings is 3. The topological polar surface area (TPSA) is 66.5 Å². The van der Waals surface area contributed by atoms with Crippen molar-refractivity contribution in [2.45, 2.75) is 11.4 Å². The summed E-state index contributed by atoms with van der Waals surface area (Å²) >= 11 is 3.36. The number of halogens is 1. The Morgan fingerprint density at radius 1 is 0.893 bits per heavy atom. The minimum Gasteiger partial charge on any atom is -0.350 e. The summed E-state index contributed by atoms with van der Waals surface area (Å²) in [6.45, 7) is 0.0118. The van der Waals surface area contributed by atoms with E-state index in [0.29, 0.717) is 12.2 Å². The number of rotatable bonds is 7. The maximum absolute atomic E-state index is 13.2. The number of carbonyl (C=O) groups is 1. The van der Waals surface area contributed by atoms with Crippen LogP contribution in [0.2, 0.25) is 0 Å². The molecule has 3 rings (SSSR count). The lowest BCUT2D eigenvalue weighted by atomic mass is 10.2. The van der Waals surface area contributed by atoms with Gasteiger partial charge in [-0.2, -0.15) is 0 Å². The Morgan fingerprint density at radius 2 is 1.54 bits per heavy atom. The second-order valence-electron chi connectivity index (χ2n) is 6.07. The van der Waals surface area contributed by atoms with Crippen molar-refractivity contribution in [3.05, 3.63) is 95.0 Å². The van der Waals surface area contributed by atoms with E-state index in [2.05, 4.69) is 21.2 Å². The Kier molecular flexibility index (Phi) is 6.49. The summed E-state index contributed by atoms with van der Waals surface area (Å²) in [4.78, 5) is 12.7. The van der Waals surface area contributed by atoms with Crippen LogP contribution < -0.4 is 9.62 Å². The maximum atomic E-state index is 13.2. The van der Waals surface area contributed by atoms with Gasteiger partial charge in [-0.25, -0.2) is 8.42 Å². The molecule has 0 radical (unpaired) electrons. The van der Waals surface area contributed by atoms with Crippen LogP contribution in [0.15, 0.2) is 94.3 Å². The van der Waals surface area contributed by atoms with E-state index in [1.54, 1.807) is 42.5 Å². The second kappa shape index (κ2) is 9.03. The highest BCUT2D eigenvalue weighted by Gasteiger charge is 2.27. The molecule has 0 aliphatic heterocycles. The largest absolute Gasteiger partial charge is 0.350 e. The summed E-state index contributed by atoms with van der Waals surface area (Å²) in [5.41, 5.74) is 1.35. The van der Waals surface area contributed by atoms with Crippen LogP contribution in [0.4, 0.5) is 5.69 Å². The number of nitrogens with one attached hydrogen (secondary N) is 1. The van der Waals surface area contributed by atoms with Crippen LogP contribution in [0.25, 0.3) is 0 Å². The van der Waals surface area contributed by atoms with E-state index < -0.39 is 10.0 Å². The van der Waals surface area contributed by atoms with Crippen molar-refractivity contribution in [1.82, 2.24) is 5.32 Å². The Morgan fingerprint density at radius 3 is 2.18 bits per heavy atom. The number of amides is 1. The minimum absolute atomic E-state index is 0.130. The molecule has 28 heavy (non-hydrogen) atoms. The number of anilines is 1. The highest BCUT2D eigenvalue weighted by atomic mass is 79.9. The Labute approximate surface area is 173 Å². The zero-order valence-corrected chi connectivity index (χ0v) is 17.4. The molecule has 0 bridgehead atoms. The molecule has 1 N–H and O–H groups in total. The predicted octanol–water partition coefficient (Wildman–Crippen LogP) is 3.96. The average molecular weight is 459 g/mol. The molecule has 5 nitrogen and oxygen atoms in total. The van der Waals surface area contributed by atoms with Crippen molar-refractivity contribution in [2.24, 2.45) is 0 Å². The zero-order chi connectivity index (χ0) is 20.0. The quantitative estimate of drug-likeness (QED) is 0.582. The third kappa shape index (κ3) is 4.99. The van der Waals surface area contributed by atoms with E-state index in [0.717, 1.165) is 14.3 Å². The molecule has 0 heterocycles. The monoisotopic (exact) mass is 458 g/mol. The normalized spacial score (nSPS) is 11.0. The van der Waals surface area contributed by atoms with Gasteiger partial charge in [0.15, 0.2) is 0 Å². The number of hydrogen-bond acceptors (Lipinski definition) is 3. The first kappa shape index (κ1) is 20.1. The molecule has 1 amide bonds. The van der Waals surface area contributed by atoms with E-state index in [-0.39, 0.29) is 17.3 Å². The lowest BCUT2D eigenvalue weighted by Crippen LogP contribution is -2.40. The fourth-order valence-electron chi connectivity index (χ4n) is 2.65. The molecule has 144 valence electrons. The molecule has 0 fully saturated rings. The summed E-state index contributed by atoms with van der Waals surface area (Å²) in [7, 11) is -3.90. The van der Waals surface area contributed by atoms with Gasteiger partial charge in [0, 0.05) is 11.0 Å². The molecule has 0 saturated heterocycles. The summed E-state index contributed by atoms with van der Waals surface area (Å²) in [5.74, 6) is -0.386. The van der Waals surface area contributed by atoms with Crippen molar-refractivity contribution in [1.29, 1.82) is 0 Å². The summed E-state index contributed by atoms with van der Waals surface area (Å²) in [6, 6.07) is 24.4. The van der Waals surface area contributed by atoms with Crippen molar-refractivity contribution >= 4 is 37.5 Å². The third-order valence-corrected chi connectivity index (χ3v) is 6.33. The minimum atomic E-state index is -3.90. The summed E-state index contributed by atoms with van der Waals surface area (Å²) < 4.78 is 28.2. The molecule has 7 heteroatoms. The van der Waals surface area contributed by atoms with Gasteiger partial charge in [-0.15, -0.1) is 0 Å². The van der Waals surface area contributed by atoms with Crippen molar-refractivity contribution in [2.75, 3.05) is 10.8 Å². The van der Waals surface area contributed by atoms with E-state index in [9.17, 15) is 13.2 Å². The molecular weight excluding hydrogens is 440 g/mol. The van der Waals surface area contributed by atoms with Crippen LogP contribution in [0.5, 0.6) is 0 Å². The number of sulfonamides is 1. The molecule has 0 spiro atoms. The molecule has 0 aromatic heterocycles. The fraction of sp³-hybridized carbons (Fsp3) is 0.0952. The second-order valence-corrected chi connectivity index (χ2v) is 8.84. The first-order chi connectivity index (χ1) is 13.5. The van der Waals surface area contributed by atoms with Gasteiger partial charge in [-0.3, -0.25) is 9.10 Å². The number of hydrogen-bond donors (Lipinski definition) is 1. The fourth-order valence-corrected chi connectivity index (χ4v) is 4.47. The predicted molar refractivity (Wildman–Crippen MR) is 113 cm³/mol. The molecular formula is C21H19BrN2O3S. The molecule has 0 aliphatic carbocycles. The van der Waals surface area contributed by atoms with Gasteiger partial charge >= 0.3 is 0 Å². The molecule has 0 atom stereocenters. The molecule has 3 aromatic carbocycles. The first-order valence-electron chi connectivity index (χ1n) is 8.61. The van der Waals surface area contributed by atoms with Crippen molar-refractivity contribution in [3.8, 4) is 0 Å². The summed E-state index contributed by atoms with van der Waals surface area (Å²) in [5, 5.41) is 2.78. The van der Waals surface area contributed by atoms with Crippen LogP contribution in [-0.4, -0.2) is 20.9 Å². The highest BCUT2D eigenvalue weighted by Crippen LogP contribution is 2.26. The zero-order valence-electron chi connectivity index (χ0n) is 15.0. The van der Waals surface area contributed by atoms with Crippen LogP contribution in [0.3, 0.4) is 0 Å². The van der Waals surface area contributed by atoms with Crippen molar-refractivity contribution in [3.63, 3.8) is 0 Å². The molecule has 0 aliphatic rings. The molecule has 0 saturated carbocycles. The van der Waals surface area contributed by atoms with E-state index >= 15 is 0 Å².